The zero-order valence-corrected chi connectivity index (χ0v) is 18.9. The fourth-order valence-corrected chi connectivity index (χ4v) is 4.00. The number of hydrogen-bond acceptors (Lipinski definition) is 3. The first-order valence-electron chi connectivity index (χ1n) is 11.5. The van der Waals surface area contributed by atoms with Crippen LogP contribution in [0.5, 0.6) is 5.75 Å². The number of nitrogens with zero attached hydrogens (tertiary/aromatic N) is 2. The molecule has 0 saturated heterocycles. The summed E-state index contributed by atoms with van der Waals surface area (Å²) in [5, 5.41) is 3.06. The van der Waals surface area contributed by atoms with Gasteiger partial charge in [-0.25, -0.2) is 4.98 Å². The Labute approximate surface area is 184 Å². The molecule has 31 heavy (non-hydrogen) atoms. The third-order valence-electron chi connectivity index (χ3n) is 5.90. The van der Waals surface area contributed by atoms with Gasteiger partial charge in [0.2, 0.25) is 5.91 Å². The topological polar surface area (TPSA) is 56.1 Å². The number of hydrogen-bond donors (Lipinski definition) is 1. The van der Waals surface area contributed by atoms with Crippen LogP contribution in [0.15, 0.2) is 42.5 Å². The van der Waals surface area contributed by atoms with E-state index >= 15 is 0 Å². The van der Waals surface area contributed by atoms with Crippen LogP contribution < -0.4 is 10.1 Å². The van der Waals surface area contributed by atoms with Crippen molar-refractivity contribution in [2.45, 2.75) is 58.9 Å². The molecule has 1 N–H and O–H groups in total. The smallest absolute Gasteiger partial charge is 0.223 e. The van der Waals surface area contributed by atoms with Crippen molar-refractivity contribution >= 4 is 16.9 Å². The molecule has 5 nitrogen and oxygen atoms in total. The number of benzene rings is 2. The monoisotopic (exact) mass is 419 g/mol. The van der Waals surface area contributed by atoms with Crippen LogP contribution in [0, 0.1) is 12.8 Å². The van der Waals surface area contributed by atoms with Crippen LogP contribution in [-0.4, -0.2) is 28.6 Å². The molecule has 1 aromatic heterocycles. The van der Waals surface area contributed by atoms with Gasteiger partial charge in [0.25, 0.3) is 0 Å². The molecule has 164 valence electrons. The lowest BCUT2D eigenvalue weighted by atomic mass is 10.0. The number of amides is 1. The number of carbonyl (C=O) groups is 1. The largest absolute Gasteiger partial charge is 0.493 e. The molecule has 1 saturated carbocycles. The summed E-state index contributed by atoms with van der Waals surface area (Å²) in [5.74, 6) is 2.89. The van der Waals surface area contributed by atoms with Gasteiger partial charge in [0.05, 0.1) is 17.6 Å². The fourth-order valence-electron chi connectivity index (χ4n) is 4.00. The van der Waals surface area contributed by atoms with Crippen molar-refractivity contribution in [2.75, 3.05) is 13.2 Å². The Morgan fingerprint density at radius 2 is 2.03 bits per heavy atom. The highest BCUT2D eigenvalue weighted by molar-refractivity contribution is 5.80. The van der Waals surface area contributed by atoms with Crippen LogP contribution in [0.2, 0.25) is 0 Å². The molecule has 4 rings (SSSR count). The highest BCUT2D eigenvalue weighted by atomic mass is 16.5. The maximum atomic E-state index is 11.9. The van der Waals surface area contributed by atoms with Crippen LogP contribution in [0.4, 0.5) is 0 Å². The van der Waals surface area contributed by atoms with E-state index < -0.39 is 0 Å². The van der Waals surface area contributed by atoms with Crippen molar-refractivity contribution < 1.29 is 9.53 Å². The maximum Gasteiger partial charge on any atom is 0.223 e. The normalized spacial score (nSPS) is 13.7. The minimum atomic E-state index is 0.190. The molecule has 0 spiro atoms. The van der Waals surface area contributed by atoms with Gasteiger partial charge in [0, 0.05) is 25.4 Å². The molecule has 0 aliphatic heterocycles. The van der Waals surface area contributed by atoms with Crippen LogP contribution in [0.1, 0.15) is 56.0 Å². The second-order valence-corrected chi connectivity index (χ2v) is 8.88. The SMILES string of the molecule is Cc1ccc(C(C)C)c(OCCCn2c(CCNC(=O)C3CC3)nc3ccccc32)c1. The summed E-state index contributed by atoms with van der Waals surface area (Å²) in [6.45, 7) is 8.63. The highest BCUT2D eigenvalue weighted by Gasteiger charge is 2.29. The molecule has 3 aromatic rings. The second kappa shape index (κ2) is 9.54. The molecule has 1 heterocycles. The average molecular weight is 420 g/mol. The lowest BCUT2D eigenvalue weighted by Gasteiger charge is -2.15. The van der Waals surface area contributed by atoms with Crippen LogP contribution in [0.25, 0.3) is 11.0 Å². The Balaban J connectivity index is 1.39. The highest BCUT2D eigenvalue weighted by Crippen LogP contribution is 2.29. The van der Waals surface area contributed by atoms with Gasteiger partial charge >= 0.3 is 0 Å². The number of nitrogens with one attached hydrogen (secondary N) is 1. The molecule has 0 radical (unpaired) electrons. The summed E-state index contributed by atoms with van der Waals surface area (Å²) in [5.41, 5.74) is 4.62. The number of ether oxygens (including phenoxy) is 1. The number of para-hydroxylation sites is 2. The minimum Gasteiger partial charge on any atom is -0.493 e. The minimum absolute atomic E-state index is 0.190. The summed E-state index contributed by atoms with van der Waals surface area (Å²) in [6, 6.07) is 14.7. The first-order valence-corrected chi connectivity index (χ1v) is 11.5. The number of carbonyl (C=O) groups excluding carboxylic acids is 1. The van der Waals surface area contributed by atoms with Gasteiger partial charge in [-0.3, -0.25) is 4.79 Å². The first kappa shape index (κ1) is 21.4. The molecule has 0 bridgehead atoms. The van der Waals surface area contributed by atoms with Gasteiger partial charge in [0.15, 0.2) is 0 Å². The number of fused-ring (bicyclic) bond motifs is 1. The van der Waals surface area contributed by atoms with E-state index in [9.17, 15) is 4.79 Å². The average Bonchev–Trinajstić information content (AvgIpc) is 3.54. The lowest BCUT2D eigenvalue weighted by Crippen LogP contribution is -2.27. The Hall–Kier alpha value is -2.82. The van der Waals surface area contributed by atoms with Crippen molar-refractivity contribution in [3.63, 3.8) is 0 Å². The van der Waals surface area contributed by atoms with Crippen LogP contribution in [-0.2, 0) is 17.8 Å². The summed E-state index contributed by atoms with van der Waals surface area (Å²) < 4.78 is 8.46. The number of rotatable bonds is 10. The molecule has 2 aromatic carbocycles. The second-order valence-electron chi connectivity index (χ2n) is 8.88. The first-order chi connectivity index (χ1) is 15.0. The van der Waals surface area contributed by atoms with E-state index in [1.165, 1.54) is 11.1 Å². The number of imidazole rings is 1. The van der Waals surface area contributed by atoms with E-state index in [1.54, 1.807) is 0 Å². The van der Waals surface area contributed by atoms with Crippen molar-refractivity contribution in [3.8, 4) is 5.75 Å². The lowest BCUT2D eigenvalue weighted by molar-refractivity contribution is -0.122. The van der Waals surface area contributed by atoms with Gasteiger partial charge in [-0.1, -0.05) is 38.1 Å². The Morgan fingerprint density at radius 1 is 1.23 bits per heavy atom. The number of aryl methyl sites for hydroxylation is 2. The third kappa shape index (κ3) is 5.27. The van der Waals surface area contributed by atoms with Crippen molar-refractivity contribution in [1.29, 1.82) is 0 Å². The summed E-state index contributed by atoms with van der Waals surface area (Å²) in [4.78, 5) is 16.8. The molecule has 1 aliphatic rings. The van der Waals surface area contributed by atoms with E-state index in [0.717, 1.165) is 54.8 Å². The molecular formula is C26H33N3O2. The molecule has 0 atom stereocenters. The van der Waals surface area contributed by atoms with Crippen LogP contribution in [0.3, 0.4) is 0 Å². The summed E-state index contributed by atoms with van der Waals surface area (Å²) in [7, 11) is 0. The Morgan fingerprint density at radius 3 is 2.81 bits per heavy atom. The fraction of sp³-hybridized carbons (Fsp3) is 0.462. The van der Waals surface area contributed by atoms with E-state index in [0.29, 0.717) is 19.1 Å². The van der Waals surface area contributed by atoms with Crippen molar-refractivity contribution in [3.05, 3.63) is 59.4 Å². The van der Waals surface area contributed by atoms with Gasteiger partial charge in [0.1, 0.15) is 11.6 Å². The van der Waals surface area contributed by atoms with Gasteiger partial charge < -0.3 is 14.6 Å². The molecule has 1 amide bonds. The number of aromatic nitrogens is 2. The van der Waals surface area contributed by atoms with Crippen molar-refractivity contribution in [2.24, 2.45) is 5.92 Å². The Kier molecular flexibility index (Phi) is 6.59. The van der Waals surface area contributed by atoms with Crippen LogP contribution >= 0.6 is 0 Å². The molecular weight excluding hydrogens is 386 g/mol. The molecule has 1 aliphatic carbocycles. The van der Waals surface area contributed by atoms with Gasteiger partial charge in [-0.05, 0) is 61.4 Å². The van der Waals surface area contributed by atoms with E-state index in [4.69, 9.17) is 9.72 Å². The predicted octanol–water partition coefficient (Wildman–Crippen LogP) is 5.01. The zero-order valence-electron chi connectivity index (χ0n) is 18.9. The molecule has 1 fully saturated rings. The standard InChI is InChI=1S/C26H33N3O2/c1-18(2)21-12-9-19(3)17-24(21)31-16-6-15-29-23-8-5-4-7-22(23)28-25(29)13-14-27-26(30)20-10-11-20/h4-5,7-9,12,17-18,20H,6,10-11,13-16H2,1-3H3,(H,27,30). The Bertz CT molecular complexity index is 1050. The predicted molar refractivity (Wildman–Crippen MR) is 125 cm³/mol. The zero-order chi connectivity index (χ0) is 21.8. The van der Waals surface area contributed by atoms with E-state index in [-0.39, 0.29) is 11.8 Å². The molecule has 0 unspecified atom stereocenters. The van der Waals surface area contributed by atoms with E-state index in [1.807, 2.05) is 6.07 Å². The summed E-state index contributed by atoms with van der Waals surface area (Å²) >= 11 is 0. The summed E-state index contributed by atoms with van der Waals surface area (Å²) in [6.07, 6.45) is 3.70. The van der Waals surface area contributed by atoms with Crippen molar-refractivity contribution in [1.82, 2.24) is 14.9 Å². The maximum absolute atomic E-state index is 11.9. The quantitative estimate of drug-likeness (QED) is 0.470. The molecule has 5 heteroatoms. The third-order valence-corrected chi connectivity index (χ3v) is 5.90. The van der Waals surface area contributed by atoms with Gasteiger partial charge in [-0.2, -0.15) is 0 Å². The van der Waals surface area contributed by atoms with Gasteiger partial charge in [-0.15, -0.1) is 0 Å². The van der Waals surface area contributed by atoms with E-state index in [2.05, 4.69) is 67.1 Å².